The SMILES string of the molecule is CC(C)(C)c1ccc(CN(C(=O)c2ccco2)[C@@H]2CCS(=O)(=O)C2)cc1. The number of rotatable bonds is 4. The largest absolute Gasteiger partial charge is 0.459 e. The Morgan fingerprint density at radius 2 is 1.88 bits per heavy atom. The summed E-state index contributed by atoms with van der Waals surface area (Å²) in [6.45, 7) is 6.82. The minimum atomic E-state index is -3.09. The van der Waals surface area contributed by atoms with E-state index >= 15 is 0 Å². The van der Waals surface area contributed by atoms with Crippen LogP contribution in [0.1, 0.15) is 48.9 Å². The number of carbonyl (C=O) groups excluding carboxylic acids is 1. The van der Waals surface area contributed by atoms with E-state index in [0.717, 1.165) is 5.56 Å². The van der Waals surface area contributed by atoms with Crippen LogP contribution in [0.3, 0.4) is 0 Å². The molecule has 0 N–H and O–H groups in total. The van der Waals surface area contributed by atoms with Crippen LogP contribution < -0.4 is 0 Å². The van der Waals surface area contributed by atoms with Crippen LogP contribution in [0.4, 0.5) is 0 Å². The lowest BCUT2D eigenvalue weighted by Crippen LogP contribution is -2.40. The number of nitrogens with zero attached hydrogens (tertiary/aromatic N) is 1. The standard InChI is InChI=1S/C20H25NO4S/c1-20(2,3)16-8-6-15(7-9-16)13-21(17-10-12-26(23,24)14-17)19(22)18-5-4-11-25-18/h4-9,11,17H,10,12-14H2,1-3H3/t17-/m1/s1. The van der Waals surface area contributed by atoms with E-state index in [1.165, 1.54) is 11.8 Å². The molecule has 5 nitrogen and oxygen atoms in total. The van der Waals surface area contributed by atoms with E-state index in [4.69, 9.17) is 4.42 Å². The molecule has 1 aliphatic rings. The fourth-order valence-electron chi connectivity index (χ4n) is 3.24. The molecule has 26 heavy (non-hydrogen) atoms. The molecule has 1 aromatic heterocycles. The van der Waals surface area contributed by atoms with Crippen molar-refractivity contribution in [2.45, 2.75) is 45.2 Å². The molecular weight excluding hydrogens is 350 g/mol. The van der Waals surface area contributed by atoms with Gasteiger partial charge in [0.1, 0.15) is 0 Å². The van der Waals surface area contributed by atoms with Crippen molar-refractivity contribution in [1.82, 2.24) is 4.90 Å². The molecular formula is C20H25NO4S. The molecule has 1 saturated heterocycles. The van der Waals surface area contributed by atoms with Gasteiger partial charge in [0.2, 0.25) is 0 Å². The van der Waals surface area contributed by atoms with Gasteiger partial charge in [0, 0.05) is 12.6 Å². The van der Waals surface area contributed by atoms with E-state index in [2.05, 4.69) is 32.9 Å². The molecule has 0 saturated carbocycles. The fourth-order valence-corrected chi connectivity index (χ4v) is 4.97. The van der Waals surface area contributed by atoms with Crippen molar-refractivity contribution in [3.63, 3.8) is 0 Å². The molecule has 0 bridgehead atoms. The number of hydrogen-bond acceptors (Lipinski definition) is 4. The second kappa shape index (κ2) is 6.91. The van der Waals surface area contributed by atoms with Gasteiger partial charge in [0.05, 0.1) is 17.8 Å². The first kappa shape index (κ1) is 18.7. The van der Waals surface area contributed by atoms with E-state index in [-0.39, 0.29) is 34.6 Å². The molecule has 3 rings (SSSR count). The normalized spacial score (nSPS) is 19.4. The lowest BCUT2D eigenvalue weighted by molar-refractivity contribution is 0.0648. The Kier molecular flexibility index (Phi) is 4.97. The molecule has 0 spiro atoms. The van der Waals surface area contributed by atoms with Crippen molar-refractivity contribution in [1.29, 1.82) is 0 Å². The van der Waals surface area contributed by atoms with Crippen molar-refractivity contribution >= 4 is 15.7 Å². The number of amides is 1. The third kappa shape index (κ3) is 4.18. The first-order chi connectivity index (χ1) is 12.2. The van der Waals surface area contributed by atoms with E-state index in [0.29, 0.717) is 13.0 Å². The first-order valence-corrected chi connectivity index (χ1v) is 10.6. The molecule has 0 aliphatic carbocycles. The number of furan rings is 1. The van der Waals surface area contributed by atoms with Gasteiger partial charge >= 0.3 is 0 Å². The molecule has 0 radical (unpaired) electrons. The minimum absolute atomic E-state index is 0.0134. The summed E-state index contributed by atoms with van der Waals surface area (Å²) in [5.74, 6) is 0.111. The second-order valence-electron chi connectivity index (χ2n) is 7.91. The van der Waals surface area contributed by atoms with E-state index < -0.39 is 9.84 Å². The zero-order valence-electron chi connectivity index (χ0n) is 15.4. The van der Waals surface area contributed by atoms with Crippen LogP contribution >= 0.6 is 0 Å². The summed E-state index contributed by atoms with van der Waals surface area (Å²) in [7, 11) is -3.09. The van der Waals surface area contributed by atoms with Crippen LogP contribution in [-0.4, -0.2) is 36.8 Å². The highest BCUT2D eigenvalue weighted by Crippen LogP contribution is 2.25. The number of carbonyl (C=O) groups is 1. The van der Waals surface area contributed by atoms with Crippen LogP contribution in [-0.2, 0) is 21.8 Å². The maximum atomic E-state index is 12.9. The molecule has 2 aromatic rings. The zero-order chi connectivity index (χ0) is 18.9. The summed E-state index contributed by atoms with van der Waals surface area (Å²) in [5.41, 5.74) is 2.25. The third-order valence-corrected chi connectivity index (χ3v) is 6.57. The van der Waals surface area contributed by atoms with Crippen molar-refractivity contribution in [2.75, 3.05) is 11.5 Å². The summed E-state index contributed by atoms with van der Waals surface area (Å²) in [6.07, 6.45) is 1.92. The Bertz CT molecular complexity index is 862. The van der Waals surface area contributed by atoms with Gasteiger partial charge in [-0.2, -0.15) is 0 Å². The summed E-state index contributed by atoms with van der Waals surface area (Å²) >= 11 is 0. The van der Waals surface area contributed by atoms with Crippen LogP contribution in [0.15, 0.2) is 47.1 Å². The fraction of sp³-hybridized carbons (Fsp3) is 0.450. The van der Waals surface area contributed by atoms with E-state index in [1.807, 2.05) is 12.1 Å². The Labute approximate surface area is 154 Å². The van der Waals surface area contributed by atoms with E-state index in [1.54, 1.807) is 17.0 Å². The molecule has 1 aliphatic heterocycles. The molecule has 1 atom stereocenters. The quantitative estimate of drug-likeness (QED) is 0.821. The maximum Gasteiger partial charge on any atom is 0.290 e. The summed E-state index contributed by atoms with van der Waals surface area (Å²) in [4.78, 5) is 14.5. The highest BCUT2D eigenvalue weighted by molar-refractivity contribution is 7.91. The maximum absolute atomic E-state index is 12.9. The number of sulfone groups is 1. The molecule has 1 fully saturated rings. The molecule has 1 aromatic carbocycles. The number of hydrogen-bond donors (Lipinski definition) is 0. The van der Waals surface area contributed by atoms with Gasteiger partial charge in [-0.15, -0.1) is 0 Å². The monoisotopic (exact) mass is 375 g/mol. The molecule has 1 amide bonds. The van der Waals surface area contributed by atoms with Crippen molar-refractivity contribution < 1.29 is 17.6 Å². The minimum Gasteiger partial charge on any atom is -0.459 e. The lowest BCUT2D eigenvalue weighted by Gasteiger charge is -2.28. The summed E-state index contributed by atoms with van der Waals surface area (Å²) in [6, 6.07) is 11.1. The highest BCUT2D eigenvalue weighted by atomic mass is 32.2. The predicted octanol–water partition coefficient (Wildman–Crippen LogP) is 3.41. The highest BCUT2D eigenvalue weighted by Gasteiger charge is 2.35. The zero-order valence-corrected chi connectivity index (χ0v) is 16.3. The predicted molar refractivity (Wildman–Crippen MR) is 101 cm³/mol. The Morgan fingerprint density at radius 1 is 1.19 bits per heavy atom. The average Bonchev–Trinajstić information content (AvgIpc) is 3.21. The molecule has 0 unspecified atom stereocenters. The average molecular weight is 375 g/mol. The molecule has 140 valence electrons. The molecule has 2 heterocycles. The van der Waals surface area contributed by atoms with Gasteiger partial charge in [-0.25, -0.2) is 8.42 Å². The smallest absolute Gasteiger partial charge is 0.290 e. The molecule has 6 heteroatoms. The van der Waals surface area contributed by atoms with Gasteiger partial charge in [-0.05, 0) is 35.1 Å². The third-order valence-electron chi connectivity index (χ3n) is 4.81. The summed E-state index contributed by atoms with van der Waals surface area (Å²) in [5, 5.41) is 0. The summed E-state index contributed by atoms with van der Waals surface area (Å²) < 4.78 is 29.0. The van der Waals surface area contributed by atoms with Gasteiger partial charge in [-0.3, -0.25) is 4.79 Å². The van der Waals surface area contributed by atoms with Crippen LogP contribution in [0.5, 0.6) is 0 Å². The van der Waals surface area contributed by atoms with Crippen molar-refractivity contribution in [3.8, 4) is 0 Å². The Hall–Kier alpha value is -2.08. The topological polar surface area (TPSA) is 67.6 Å². The van der Waals surface area contributed by atoms with Crippen molar-refractivity contribution in [2.24, 2.45) is 0 Å². The van der Waals surface area contributed by atoms with E-state index in [9.17, 15) is 13.2 Å². The van der Waals surface area contributed by atoms with Crippen LogP contribution in [0.2, 0.25) is 0 Å². The van der Waals surface area contributed by atoms with Gasteiger partial charge in [0.15, 0.2) is 15.6 Å². The second-order valence-corrected chi connectivity index (χ2v) is 10.1. The van der Waals surface area contributed by atoms with Gasteiger partial charge in [0.25, 0.3) is 5.91 Å². The first-order valence-electron chi connectivity index (χ1n) is 8.80. The van der Waals surface area contributed by atoms with Crippen LogP contribution in [0.25, 0.3) is 0 Å². The lowest BCUT2D eigenvalue weighted by atomic mass is 9.86. The van der Waals surface area contributed by atoms with Gasteiger partial charge in [-0.1, -0.05) is 45.0 Å². The van der Waals surface area contributed by atoms with Crippen LogP contribution in [0, 0.1) is 0 Å². The van der Waals surface area contributed by atoms with Crippen molar-refractivity contribution in [3.05, 3.63) is 59.5 Å². The Morgan fingerprint density at radius 3 is 2.38 bits per heavy atom. The number of benzene rings is 1. The Balaban J connectivity index is 1.85. The van der Waals surface area contributed by atoms with Gasteiger partial charge < -0.3 is 9.32 Å².